The van der Waals surface area contributed by atoms with Crippen molar-refractivity contribution in [3.05, 3.63) is 82.7 Å². The number of halogens is 1. The van der Waals surface area contributed by atoms with E-state index < -0.39 is 12.3 Å². The van der Waals surface area contributed by atoms with Crippen LogP contribution < -0.4 is 4.74 Å². The van der Waals surface area contributed by atoms with Gasteiger partial charge in [0.1, 0.15) is 11.6 Å². The van der Waals surface area contributed by atoms with Crippen LogP contribution in [0.5, 0.6) is 5.75 Å². The summed E-state index contributed by atoms with van der Waals surface area (Å²) < 4.78 is 23.5. The number of methoxy groups -OCH3 is 1. The van der Waals surface area contributed by atoms with Crippen LogP contribution in [0.3, 0.4) is 0 Å². The highest BCUT2D eigenvalue weighted by Gasteiger charge is 2.31. The number of aliphatic hydroxyl groups is 1. The molecule has 0 saturated carbocycles. The number of cyclic esters (lactones) is 1. The third-order valence-electron chi connectivity index (χ3n) is 3.95. The molecule has 4 nitrogen and oxygen atoms in total. The predicted molar refractivity (Wildman–Crippen MR) is 91.3 cm³/mol. The average molecular weight is 340 g/mol. The Kier molecular flexibility index (Phi) is 4.95. The maximum Gasteiger partial charge on any atom is 0.340 e. The molecule has 1 unspecified atom stereocenters. The minimum absolute atomic E-state index is 0.266. The second-order valence-electron chi connectivity index (χ2n) is 5.57. The first-order chi connectivity index (χ1) is 12.1. The number of esters is 1. The Morgan fingerprint density at radius 2 is 2.00 bits per heavy atom. The maximum atomic E-state index is 13.3. The van der Waals surface area contributed by atoms with Gasteiger partial charge in [-0.1, -0.05) is 36.4 Å². The van der Waals surface area contributed by atoms with Crippen LogP contribution in [-0.4, -0.2) is 24.5 Å². The van der Waals surface area contributed by atoms with Crippen molar-refractivity contribution in [2.45, 2.75) is 12.7 Å². The van der Waals surface area contributed by atoms with E-state index in [1.165, 1.54) is 18.2 Å². The van der Waals surface area contributed by atoms with Crippen LogP contribution in [0.2, 0.25) is 0 Å². The van der Waals surface area contributed by atoms with E-state index in [1.54, 1.807) is 25.3 Å². The van der Waals surface area contributed by atoms with E-state index in [9.17, 15) is 14.3 Å². The molecular weight excluding hydrogens is 323 g/mol. The summed E-state index contributed by atoms with van der Waals surface area (Å²) in [6.07, 6.45) is 2.15. The van der Waals surface area contributed by atoms with Crippen LogP contribution in [0.1, 0.15) is 11.1 Å². The van der Waals surface area contributed by atoms with Crippen molar-refractivity contribution in [3.63, 3.8) is 0 Å². The number of rotatable bonds is 5. The number of carbonyl (C=O) groups excluding carboxylic acids is 1. The highest BCUT2D eigenvalue weighted by molar-refractivity contribution is 5.96. The van der Waals surface area contributed by atoms with Crippen molar-refractivity contribution >= 4 is 12.0 Å². The molecule has 1 heterocycles. The molecule has 0 saturated heterocycles. The van der Waals surface area contributed by atoms with E-state index in [1.807, 2.05) is 24.3 Å². The maximum absolute atomic E-state index is 13.3. The number of ether oxygens (including phenoxy) is 2. The predicted octanol–water partition coefficient (Wildman–Crippen LogP) is 3.26. The van der Waals surface area contributed by atoms with Gasteiger partial charge in [-0.15, -0.1) is 0 Å². The van der Waals surface area contributed by atoms with Gasteiger partial charge < -0.3 is 14.6 Å². The van der Waals surface area contributed by atoms with Crippen LogP contribution in [-0.2, 0) is 16.0 Å². The lowest BCUT2D eigenvalue weighted by molar-refractivity contribution is -0.151. The van der Waals surface area contributed by atoms with E-state index in [0.717, 1.165) is 5.56 Å². The van der Waals surface area contributed by atoms with Crippen LogP contribution in [0, 0.1) is 5.82 Å². The number of aliphatic hydroxyl groups excluding tert-OH is 1. The van der Waals surface area contributed by atoms with Crippen LogP contribution in [0.4, 0.5) is 4.39 Å². The number of para-hydroxylation sites is 1. The molecule has 0 spiro atoms. The molecule has 0 aliphatic carbocycles. The molecule has 1 N–H and O–H groups in total. The first-order valence-corrected chi connectivity index (χ1v) is 7.76. The number of carbonyl (C=O) groups is 1. The summed E-state index contributed by atoms with van der Waals surface area (Å²) >= 11 is 0. The Morgan fingerprint density at radius 1 is 1.20 bits per heavy atom. The molecule has 2 aromatic rings. The van der Waals surface area contributed by atoms with Crippen LogP contribution in [0.15, 0.2) is 65.8 Å². The standard InChI is InChI=1S/C20H17FO4/c1-24-18-8-3-2-6-14(18)12-17-16(19(22)25-20(17)23)10-9-13-5-4-7-15(21)11-13/h2-11,20,23H,12H2,1H3. The Morgan fingerprint density at radius 3 is 2.76 bits per heavy atom. The largest absolute Gasteiger partial charge is 0.496 e. The first kappa shape index (κ1) is 16.9. The summed E-state index contributed by atoms with van der Waals surface area (Å²) in [6, 6.07) is 13.4. The third kappa shape index (κ3) is 3.78. The van der Waals surface area contributed by atoms with Crippen molar-refractivity contribution in [1.29, 1.82) is 0 Å². The quantitative estimate of drug-likeness (QED) is 0.849. The van der Waals surface area contributed by atoms with Gasteiger partial charge in [0.15, 0.2) is 0 Å². The molecule has 0 aromatic heterocycles. The molecular formula is C20H17FO4. The molecule has 25 heavy (non-hydrogen) atoms. The monoisotopic (exact) mass is 340 g/mol. The molecule has 0 amide bonds. The van der Waals surface area contributed by atoms with Gasteiger partial charge in [0, 0.05) is 12.0 Å². The Hall–Kier alpha value is -2.92. The number of hydrogen-bond acceptors (Lipinski definition) is 4. The van der Waals surface area contributed by atoms with Gasteiger partial charge in [-0.05, 0) is 35.4 Å². The van der Waals surface area contributed by atoms with Crippen molar-refractivity contribution < 1.29 is 23.8 Å². The molecule has 0 radical (unpaired) electrons. The number of hydrogen-bond donors (Lipinski definition) is 1. The molecule has 0 bridgehead atoms. The van der Waals surface area contributed by atoms with Gasteiger partial charge in [-0.2, -0.15) is 0 Å². The summed E-state index contributed by atoms with van der Waals surface area (Å²) in [5.41, 5.74) is 2.15. The van der Waals surface area contributed by atoms with Crippen molar-refractivity contribution in [2.24, 2.45) is 0 Å². The van der Waals surface area contributed by atoms with Crippen LogP contribution in [0.25, 0.3) is 6.08 Å². The summed E-state index contributed by atoms with van der Waals surface area (Å²) in [6.45, 7) is 0. The summed E-state index contributed by atoms with van der Waals surface area (Å²) in [7, 11) is 1.56. The Labute approximate surface area is 144 Å². The molecule has 5 heteroatoms. The normalized spacial score (nSPS) is 17.2. The summed E-state index contributed by atoms with van der Waals surface area (Å²) in [4.78, 5) is 12.0. The molecule has 0 fully saturated rings. The summed E-state index contributed by atoms with van der Waals surface area (Å²) in [5, 5.41) is 10.1. The topological polar surface area (TPSA) is 55.8 Å². The lowest BCUT2D eigenvalue weighted by Crippen LogP contribution is -2.11. The fraction of sp³-hybridized carbons (Fsp3) is 0.150. The smallest absolute Gasteiger partial charge is 0.340 e. The lowest BCUT2D eigenvalue weighted by Gasteiger charge is -2.11. The van der Waals surface area contributed by atoms with E-state index in [4.69, 9.17) is 9.47 Å². The molecule has 1 aliphatic rings. The zero-order chi connectivity index (χ0) is 17.8. The van der Waals surface area contributed by atoms with Crippen molar-refractivity contribution in [3.8, 4) is 5.75 Å². The van der Waals surface area contributed by atoms with Crippen molar-refractivity contribution in [2.75, 3.05) is 7.11 Å². The van der Waals surface area contributed by atoms with E-state index in [-0.39, 0.29) is 11.4 Å². The summed E-state index contributed by atoms with van der Waals surface area (Å²) in [5.74, 6) is -0.306. The molecule has 1 aliphatic heterocycles. The molecule has 1 atom stereocenters. The molecule has 2 aromatic carbocycles. The van der Waals surface area contributed by atoms with Gasteiger partial charge in [-0.25, -0.2) is 9.18 Å². The van der Waals surface area contributed by atoms with Gasteiger partial charge in [0.05, 0.1) is 12.7 Å². The first-order valence-electron chi connectivity index (χ1n) is 7.76. The molecule has 128 valence electrons. The minimum atomic E-state index is -1.30. The fourth-order valence-electron chi connectivity index (χ4n) is 2.70. The minimum Gasteiger partial charge on any atom is -0.496 e. The van der Waals surface area contributed by atoms with Crippen molar-refractivity contribution in [1.82, 2.24) is 0 Å². The zero-order valence-corrected chi connectivity index (χ0v) is 13.6. The zero-order valence-electron chi connectivity index (χ0n) is 13.6. The molecule has 3 rings (SSSR count). The second kappa shape index (κ2) is 7.32. The van der Waals surface area contributed by atoms with E-state index >= 15 is 0 Å². The lowest BCUT2D eigenvalue weighted by atomic mass is 9.99. The number of benzene rings is 2. The van der Waals surface area contributed by atoms with Gasteiger partial charge in [0.25, 0.3) is 0 Å². The van der Waals surface area contributed by atoms with Crippen LogP contribution >= 0.6 is 0 Å². The van der Waals surface area contributed by atoms with Gasteiger partial charge >= 0.3 is 5.97 Å². The van der Waals surface area contributed by atoms with E-state index in [2.05, 4.69) is 0 Å². The highest BCUT2D eigenvalue weighted by atomic mass is 19.1. The second-order valence-corrected chi connectivity index (χ2v) is 5.57. The fourth-order valence-corrected chi connectivity index (χ4v) is 2.70. The highest BCUT2D eigenvalue weighted by Crippen LogP contribution is 2.29. The van der Waals surface area contributed by atoms with Gasteiger partial charge in [-0.3, -0.25) is 0 Å². The Balaban J connectivity index is 1.93. The van der Waals surface area contributed by atoms with E-state index in [0.29, 0.717) is 23.3 Å². The average Bonchev–Trinajstić information content (AvgIpc) is 2.87. The Bertz CT molecular complexity index is 854. The third-order valence-corrected chi connectivity index (χ3v) is 3.95. The van der Waals surface area contributed by atoms with Gasteiger partial charge in [0.2, 0.25) is 6.29 Å². The SMILES string of the molecule is COc1ccccc1CC1=C(C=Cc2cccc(F)c2)C(=O)OC1O.